The number of aromatic nitrogens is 1. The number of carbonyl (C=O) groups excluding carboxylic acids is 1. The fourth-order valence-corrected chi connectivity index (χ4v) is 3.13. The van der Waals surface area contributed by atoms with Crippen LogP contribution in [-0.2, 0) is 20.7 Å². The van der Waals surface area contributed by atoms with Gasteiger partial charge in [0.1, 0.15) is 5.76 Å². The maximum atomic E-state index is 11.5. The number of carbonyl (C=O) groups is 1. The summed E-state index contributed by atoms with van der Waals surface area (Å²) in [6.07, 6.45) is 0.708. The summed E-state index contributed by atoms with van der Waals surface area (Å²) in [5.41, 5.74) is 3.11. The predicted molar refractivity (Wildman–Crippen MR) is 104 cm³/mol. The fourth-order valence-electron chi connectivity index (χ4n) is 2.36. The Morgan fingerprint density at radius 1 is 1.23 bits per heavy atom. The van der Waals surface area contributed by atoms with Gasteiger partial charge in [0.15, 0.2) is 0 Å². The predicted octanol–water partition coefficient (Wildman–Crippen LogP) is 4.20. The van der Waals surface area contributed by atoms with E-state index >= 15 is 0 Å². The van der Waals surface area contributed by atoms with Crippen LogP contribution in [0.3, 0.4) is 0 Å². The molecule has 1 unspecified atom stereocenters. The van der Waals surface area contributed by atoms with Gasteiger partial charge in [0.2, 0.25) is 5.89 Å². The molecule has 2 aromatic rings. The van der Waals surface area contributed by atoms with E-state index in [1.165, 1.54) is 5.56 Å². The zero-order chi connectivity index (χ0) is 18.9. The number of benzene rings is 1. The van der Waals surface area contributed by atoms with Crippen molar-refractivity contribution in [1.82, 2.24) is 4.98 Å². The molecular formula is C20H27NO4S. The molecule has 0 N–H and O–H groups in total. The SMILES string of the molecule is CCOC(=O)C(C)SCCOCCc1nc(-c2ccc(C)cc2)oc1C. The van der Waals surface area contributed by atoms with Crippen molar-refractivity contribution in [2.24, 2.45) is 0 Å². The maximum Gasteiger partial charge on any atom is 0.318 e. The van der Waals surface area contributed by atoms with Crippen molar-refractivity contribution in [3.05, 3.63) is 41.3 Å². The van der Waals surface area contributed by atoms with Crippen molar-refractivity contribution < 1.29 is 18.7 Å². The topological polar surface area (TPSA) is 61.6 Å². The first-order chi connectivity index (χ1) is 12.5. The molecule has 0 bridgehead atoms. The summed E-state index contributed by atoms with van der Waals surface area (Å²) in [4.78, 5) is 16.1. The van der Waals surface area contributed by atoms with E-state index in [4.69, 9.17) is 13.9 Å². The van der Waals surface area contributed by atoms with Crippen LogP contribution in [0.25, 0.3) is 11.5 Å². The van der Waals surface area contributed by atoms with Crippen molar-refractivity contribution in [2.75, 3.05) is 25.6 Å². The van der Waals surface area contributed by atoms with E-state index in [1.807, 2.05) is 45.0 Å². The molecule has 0 amide bonds. The van der Waals surface area contributed by atoms with E-state index in [0.717, 1.165) is 22.8 Å². The van der Waals surface area contributed by atoms with Gasteiger partial charge in [0.05, 0.1) is 30.8 Å². The number of aryl methyl sites for hydroxylation is 2. The number of oxazole rings is 1. The first-order valence-electron chi connectivity index (χ1n) is 8.90. The lowest BCUT2D eigenvalue weighted by Gasteiger charge is -2.10. The summed E-state index contributed by atoms with van der Waals surface area (Å²) < 4.78 is 16.4. The fraction of sp³-hybridized carbons (Fsp3) is 0.500. The molecule has 26 heavy (non-hydrogen) atoms. The van der Waals surface area contributed by atoms with Crippen molar-refractivity contribution in [3.63, 3.8) is 0 Å². The highest BCUT2D eigenvalue weighted by atomic mass is 32.2. The summed E-state index contributed by atoms with van der Waals surface area (Å²) in [5.74, 6) is 2.07. The van der Waals surface area contributed by atoms with Crippen LogP contribution in [0.4, 0.5) is 0 Å². The molecule has 0 spiro atoms. The Morgan fingerprint density at radius 3 is 2.65 bits per heavy atom. The Bertz CT molecular complexity index is 696. The largest absolute Gasteiger partial charge is 0.465 e. The van der Waals surface area contributed by atoms with Crippen LogP contribution in [0.1, 0.15) is 30.9 Å². The van der Waals surface area contributed by atoms with Crippen LogP contribution in [0.5, 0.6) is 0 Å². The van der Waals surface area contributed by atoms with Crippen LogP contribution in [-0.4, -0.2) is 41.8 Å². The van der Waals surface area contributed by atoms with Gasteiger partial charge in [-0.05, 0) is 39.8 Å². The molecule has 1 atom stereocenters. The average molecular weight is 378 g/mol. The molecule has 2 rings (SSSR count). The molecule has 6 heteroatoms. The Hall–Kier alpha value is -1.79. The van der Waals surface area contributed by atoms with E-state index < -0.39 is 0 Å². The third kappa shape index (κ3) is 6.18. The highest BCUT2D eigenvalue weighted by Gasteiger charge is 2.14. The zero-order valence-corrected chi connectivity index (χ0v) is 16.7. The third-order valence-corrected chi connectivity index (χ3v) is 4.98. The van der Waals surface area contributed by atoms with Crippen molar-refractivity contribution in [2.45, 2.75) is 39.4 Å². The van der Waals surface area contributed by atoms with Gasteiger partial charge >= 0.3 is 5.97 Å². The highest BCUT2D eigenvalue weighted by molar-refractivity contribution is 8.00. The number of nitrogens with zero attached hydrogens (tertiary/aromatic N) is 1. The molecule has 1 heterocycles. The minimum atomic E-state index is -0.167. The number of hydrogen-bond donors (Lipinski definition) is 0. The molecule has 1 aromatic carbocycles. The van der Waals surface area contributed by atoms with Crippen molar-refractivity contribution in [1.29, 1.82) is 0 Å². The van der Waals surface area contributed by atoms with E-state index in [1.54, 1.807) is 11.8 Å². The molecule has 0 aliphatic carbocycles. The van der Waals surface area contributed by atoms with Gasteiger partial charge in [0.25, 0.3) is 0 Å². The Labute approximate surface area is 159 Å². The molecule has 0 saturated heterocycles. The van der Waals surface area contributed by atoms with Gasteiger partial charge in [-0.1, -0.05) is 17.7 Å². The first-order valence-corrected chi connectivity index (χ1v) is 9.95. The molecule has 0 radical (unpaired) electrons. The number of thioether (sulfide) groups is 1. The Kier molecular flexibility index (Phi) is 8.19. The van der Waals surface area contributed by atoms with Gasteiger partial charge in [-0.15, -0.1) is 11.8 Å². The smallest absolute Gasteiger partial charge is 0.318 e. The minimum absolute atomic E-state index is 0.159. The van der Waals surface area contributed by atoms with Crippen molar-refractivity contribution >= 4 is 17.7 Å². The molecule has 0 aliphatic heterocycles. The molecule has 5 nitrogen and oxygen atoms in total. The van der Waals surface area contributed by atoms with Gasteiger partial charge in [-0.3, -0.25) is 4.79 Å². The van der Waals surface area contributed by atoms with Crippen LogP contribution in [0.2, 0.25) is 0 Å². The number of ether oxygens (including phenoxy) is 2. The van der Waals surface area contributed by atoms with E-state index in [2.05, 4.69) is 11.9 Å². The minimum Gasteiger partial charge on any atom is -0.465 e. The van der Waals surface area contributed by atoms with Crippen LogP contribution >= 0.6 is 11.8 Å². The molecule has 1 aromatic heterocycles. The van der Waals surface area contributed by atoms with Crippen molar-refractivity contribution in [3.8, 4) is 11.5 Å². The Morgan fingerprint density at radius 2 is 1.96 bits per heavy atom. The van der Waals surface area contributed by atoms with E-state index in [9.17, 15) is 4.79 Å². The lowest BCUT2D eigenvalue weighted by molar-refractivity contribution is -0.142. The van der Waals surface area contributed by atoms with Gasteiger partial charge in [-0.2, -0.15) is 0 Å². The van der Waals surface area contributed by atoms with Crippen LogP contribution < -0.4 is 0 Å². The lowest BCUT2D eigenvalue weighted by Crippen LogP contribution is -2.18. The number of rotatable bonds is 10. The quantitative estimate of drug-likeness (QED) is 0.457. The molecule has 0 saturated carbocycles. The molecular weight excluding hydrogens is 350 g/mol. The van der Waals surface area contributed by atoms with E-state index in [0.29, 0.717) is 32.1 Å². The average Bonchev–Trinajstić information content (AvgIpc) is 2.99. The summed E-state index contributed by atoms with van der Waals surface area (Å²) in [5, 5.41) is -0.159. The standard InChI is InChI=1S/C20H27NO4S/c1-5-24-20(22)16(4)26-13-12-23-11-10-18-15(3)25-19(21-18)17-8-6-14(2)7-9-17/h6-9,16H,5,10-13H2,1-4H3. The third-order valence-electron chi connectivity index (χ3n) is 3.89. The maximum absolute atomic E-state index is 11.5. The monoisotopic (exact) mass is 377 g/mol. The van der Waals surface area contributed by atoms with Crippen LogP contribution in [0, 0.1) is 13.8 Å². The molecule has 142 valence electrons. The van der Waals surface area contributed by atoms with Crippen LogP contribution in [0.15, 0.2) is 28.7 Å². The lowest BCUT2D eigenvalue weighted by atomic mass is 10.1. The van der Waals surface area contributed by atoms with Gasteiger partial charge in [-0.25, -0.2) is 4.98 Å². The second-order valence-corrected chi connectivity index (χ2v) is 7.46. The van der Waals surface area contributed by atoms with Gasteiger partial charge in [0, 0.05) is 17.7 Å². The number of esters is 1. The summed E-state index contributed by atoms with van der Waals surface area (Å²) in [6, 6.07) is 8.13. The first kappa shape index (κ1) is 20.5. The normalized spacial score (nSPS) is 12.2. The second kappa shape index (κ2) is 10.4. The van der Waals surface area contributed by atoms with Gasteiger partial charge < -0.3 is 13.9 Å². The summed E-state index contributed by atoms with van der Waals surface area (Å²) in [6.45, 7) is 9.24. The number of hydrogen-bond acceptors (Lipinski definition) is 6. The Balaban J connectivity index is 1.72. The summed E-state index contributed by atoms with van der Waals surface area (Å²) >= 11 is 1.54. The zero-order valence-electron chi connectivity index (χ0n) is 15.9. The highest BCUT2D eigenvalue weighted by Crippen LogP contribution is 2.22. The molecule has 0 aliphatic rings. The molecule has 0 fully saturated rings. The van der Waals surface area contributed by atoms with E-state index in [-0.39, 0.29) is 11.2 Å². The summed E-state index contributed by atoms with van der Waals surface area (Å²) in [7, 11) is 0. The second-order valence-electron chi connectivity index (χ2n) is 6.02.